The average Bonchev–Trinajstić information content (AvgIpc) is 3.60. The highest BCUT2D eigenvalue weighted by atomic mass is 16.5. The van der Waals surface area contributed by atoms with Crippen molar-refractivity contribution < 1.29 is 9.15 Å². The molecule has 0 fully saturated rings. The molecule has 0 amide bonds. The van der Waals surface area contributed by atoms with E-state index in [1.54, 1.807) is 0 Å². The maximum atomic E-state index is 7.20. The molecule has 0 spiro atoms. The van der Waals surface area contributed by atoms with Crippen LogP contribution in [0.3, 0.4) is 0 Å². The lowest BCUT2D eigenvalue weighted by atomic mass is 9.86. The smallest absolute Gasteiger partial charge is 0.143 e. The van der Waals surface area contributed by atoms with E-state index in [4.69, 9.17) is 9.15 Å². The molecule has 0 saturated carbocycles. The number of fused-ring (bicyclic) bond motifs is 5. The number of rotatable bonds is 2. The first-order valence-electron chi connectivity index (χ1n) is 17.9. The fourth-order valence-corrected chi connectivity index (χ4v) is 9.53. The standard InChI is InChI=1S/C50H26O2/c1-2-11-33-27(6-1)16-23-39-47-36(34-20-17-31-15-14-28-7-3-8-29-18-21-35(34)44(31)43(28)29)24-25-38(50(47)52-49(33)39)40-26-32-10-5-13-42-46(32)48-37(40)22-19-30-9-4-12-41(51-42)45(30)48/h1-26H. The summed E-state index contributed by atoms with van der Waals surface area (Å²) < 4.78 is 13.7. The first-order valence-corrected chi connectivity index (χ1v) is 17.9. The third kappa shape index (κ3) is 3.30. The van der Waals surface area contributed by atoms with Gasteiger partial charge < -0.3 is 9.15 Å². The van der Waals surface area contributed by atoms with Crippen LogP contribution in [0.15, 0.2) is 162 Å². The zero-order valence-corrected chi connectivity index (χ0v) is 27.8. The molecule has 2 heterocycles. The molecule has 0 unspecified atom stereocenters. The SMILES string of the molecule is c1ccc2c(c1)ccc1c2oc2c(-c3cc4cccc5c4c4c3ccc3cccc(c34)O5)ccc(-c3ccc4ccc5cccc6ccc3c4c56)c21. The summed E-state index contributed by atoms with van der Waals surface area (Å²) in [5.41, 5.74) is 6.48. The summed E-state index contributed by atoms with van der Waals surface area (Å²) in [5, 5.41) is 19.4. The molecule has 12 aromatic rings. The zero-order valence-electron chi connectivity index (χ0n) is 27.8. The van der Waals surface area contributed by atoms with Crippen LogP contribution in [0, 0.1) is 0 Å². The summed E-state index contributed by atoms with van der Waals surface area (Å²) in [7, 11) is 0. The largest absolute Gasteiger partial charge is 0.456 e. The van der Waals surface area contributed by atoms with Gasteiger partial charge in [-0.25, -0.2) is 0 Å². The Bertz CT molecular complexity index is 3510. The number of hydrogen-bond donors (Lipinski definition) is 0. The molecule has 0 atom stereocenters. The van der Waals surface area contributed by atoms with Crippen LogP contribution in [0.4, 0.5) is 0 Å². The van der Waals surface area contributed by atoms with E-state index >= 15 is 0 Å². The molecule has 1 aliphatic rings. The second-order valence-corrected chi connectivity index (χ2v) is 14.3. The maximum absolute atomic E-state index is 7.20. The van der Waals surface area contributed by atoms with Crippen LogP contribution >= 0.6 is 0 Å². The van der Waals surface area contributed by atoms with Gasteiger partial charge in [-0.15, -0.1) is 0 Å². The zero-order chi connectivity index (χ0) is 33.7. The number of furan rings is 1. The van der Waals surface area contributed by atoms with Crippen molar-refractivity contribution in [3.05, 3.63) is 158 Å². The lowest BCUT2D eigenvalue weighted by molar-refractivity contribution is 0.493. The Hall–Kier alpha value is -6.90. The van der Waals surface area contributed by atoms with Crippen molar-refractivity contribution in [1.29, 1.82) is 0 Å². The van der Waals surface area contributed by atoms with Crippen molar-refractivity contribution in [3.8, 4) is 33.8 Å². The summed E-state index contributed by atoms with van der Waals surface area (Å²) in [5.74, 6) is 1.81. The van der Waals surface area contributed by atoms with Crippen LogP contribution in [0.25, 0.3) is 120 Å². The Morgan fingerprint density at radius 1 is 0.269 bits per heavy atom. The Morgan fingerprint density at radius 3 is 1.65 bits per heavy atom. The molecule has 13 rings (SSSR count). The van der Waals surface area contributed by atoms with Gasteiger partial charge in [-0.1, -0.05) is 127 Å². The predicted octanol–water partition coefficient (Wildman–Crippen LogP) is 14.5. The van der Waals surface area contributed by atoms with E-state index in [1.165, 1.54) is 75.8 Å². The summed E-state index contributed by atoms with van der Waals surface area (Å²) in [6.45, 7) is 0. The summed E-state index contributed by atoms with van der Waals surface area (Å²) in [6.07, 6.45) is 0. The summed E-state index contributed by atoms with van der Waals surface area (Å²) >= 11 is 0. The first-order chi connectivity index (χ1) is 25.8. The second-order valence-electron chi connectivity index (χ2n) is 14.3. The van der Waals surface area contributed by atoms with Gasteiger partial charge in [0.2, 0.25) is 0 Å². The van der Waals surface area contributed by atoms with Crippen LogP contribution in [0.2, 0.25) is 0 Å². The number of benzene rings is 11. The molecule has 0 bridgehead atoms. The second kappa shape index (κ2) is 9.45. The predicted molar refractivity (Wildman–Crippen MR) is 218 cm³/mol. The Morgan fingerprint density at radius 2 is 0.827 bits per heavy atom. The third-order valence-corrected chi connectivity index (χ3v) is 11.7. The normalized spacial score (nSPS) is 12.8. The van der Waals surface area contributed by atoms with E-state index in [1.807, 2.05) is 0 Å². The first kappa shape index (κ1) is 26.9. The molecule has 52 heavy (non-hydrogen) atoms. The molecule has 1 aliphatic heterocycles. The van der Waals surface area contributed by atoms with E-state index in [9.17, 15) is 0 Å². The van der Waals surface area contributed by atoms with Crippen LogP contribution in [-0.4, -0.2) is 0 Å². The number of hydrogen-bond acceptors (Lipinski definition) is 2. The van der Waals surface area contributed by atoms with Gasteiger partial charge in [-0.3, -0.25) is 0 Å². The fraction of sp³-hybridized carbons (Fsp3) is 0. The van der Waals surface area contributed by atoms with Crippen LogP contribution in [0.5, 0.6) is 11.5 Å². The molecule has 0 radical (unpaired) electrons. The van der Waals surface area contributed by atoms with E-state index in [0.29, 0.717) is 0 Å². The van der Waals surface area contributed by atoms with Gasteiger partial charge >= 0.3 is 0 Å². The average molecular weight is 659 g/mol. The van der Waals surface area contributed by atoms with Gasteiger partial charge in [0, 0.05) is 37.9 Å². The monoisotopic (exact) mass is 658 g/mol. The highest BCUT2D eigenvalue weighted by molar-refractivity contribution is 6.31. The number of ether oxygens (including phenoxy) is 1. The molecule has 2 heteroatoms. The van der Waals surface area contributed by atoms with Crippen molar-refractivity contribution >= 4 is 97.3 Å². The van der Waals surface area contributed by atoms with Crippen LogP contribution < -0.4 is 4.74 Å². The minimum Gasteiger partial charge on any atom is -0.456 e. The Labute approximate surface area is 297 Å². The lowest BCUT2D eigenvalue weighted by Gasteiger charge is -2.22. The summed E-state index contributed by atoms with van der Waals surface area (Å²) in [4.78, 5) is 0. The lowest BCUT2D eigenvalue weighted by Crippen LogP contribution is -1.96. The van der Waals surface area contributed by atoms with Gasteiger partial charge in [-0.05, 0) is 101 Å². The minimum absolute atomic E-state index is 0.907. The highest BCUT2D eigenvalue weighted by Crippen LogP contribution is 2.52. The van der Waals surface area contributed by atoms with Crippen molar-refractivity contribution in [2.24, 2.45) is 0 Å². The van der Waals surface area contributed by atoms with E-state index in [0.717, 1.165) is 55.3 Å². The van der Waals surface area contributed by atoms with Crippen molar-refractivity contribution in [2.75, 3.05) is 0 Å². The Balaban J connectivity index is 1.20. The van der Waals surface area contributed by atoms with Crippen LogP contribution in [0.1, 0.15) is 0 Å². The van der Waals surface area contributed by atoms with Gasteiger partial charge in [-0.2, -0.15) is 0 Å². The van der Waals surface area contributed by atoms with E-state index in [2.05, 4.69) is 158 Å². The topological polar surface area (TPSA) is 22.4 Å². The maximum Gasteiger partial charge on any atom is 0.143 e. The quantitative estimate of drug-likeness (QED) is 0.173. The molecule has 0 saturated heterocycles. The molecule has 2 nitrogen and oxygen atoms in total. The van der Waals surface area contributed by atoms with Crippen LogP contribution in [-0.2, 0) is 0 Å². The van der Waals surface area contributed by atoms with Crippen molar-refractivity contribution in [3.63, 3.8) is 0 Å². The molecule has 11 aromatic carbocycles. The van der Waals surface area contributed by atoms with E-state index < -0.39 is 0 Å². The minimum atomic E-state index is 0.907. The van der Waals surface area contributed by atoms with E-state index in [-0.39, 0.29) is 0 Å². The van der Waals surface area contributed by atoms with Gasteiger partial charge in [0.15, 0.2) is 0 Å². The third-order valence-electron chi connectivity index (χ3n) is 11.7. The summed E-state index contributed by atoms with van der Waals surface area (Å²) in [6, 6.07) is 57.6. The van der Waals surface area contributed by atoms with Gasteiger partial charge in [0.25, 0.3) is 0 Å². The van der Waals surface area contributed by atoms with Gasteiger partial charge in [0.05, 0.1) is 0 Å². The van der Waals surface area contributed by atoms with Crippen molar-refractivity contribution in [1.82, 2.24) is 0 Å². The molecule has 1 aromatic heterocycles. The highest BCUT2D eigenvalue weighted by Gasteiger charge is 2.25. The molecule has 0 aliphatic carbocycles. The molecular formula is C50H26O2. The molecular weight excluding hydrogens is 633 g/mol. The van der Waals surface area contributed by atoms with Crippen molar-refractivity contribution in [2.45, 2.75) is 0 Å². The molecule has 238 valence electrons. The molecule has 0 N–H and O–H groups in total. The van der Waals surface area contributed by atoms with Gasteiger partial charge in [0.1, 0.15) is 22.7 Å². The fourth-order valence-electron chi connectivity index (χ4n) is 9.53. The Kier molecular flexibility index (Phi) is 4.89.